The van der Waals surface area contributed by atoms with Crippen LogP contribution in [0.25, 0.3) is 0 Å². The summed E-state index contributed by atoms with van der Waals surface area (Å²) in [6.45, 7) is 10.1. The summed E-state index contributed by atoms with van der Waals surface area (Å²) in [5.41, 5.74) is 0.414. The molecule has 1 amide bonds. The molecule has 0 saturated heterocycles. The number of ether oxygens (including phenoxy) is 1. The second-order valence-electron chi connectivity index (χ2n) is 4.91. The lowest BCUT2D eigenvalue weighted by Crippen LogP contribution is -2.22. The number of esters is 1. The molecule has 0 heterocycles. The summed E-state index contributed by atoms with van der Waals surface area (Å²) < 4.78 is 4.97. The fraction of sp³-hybridized carbons (Fsp3) is 0.211. The molecule has 0 atom stereocenters. The van der Waals surface area contributed by atoms with Crippen LogP contribution in [0.15, 0.2) is 61.3 Å². The first-order valence-corrected chi connectivity index (χ1v) is 7.72. The van der Waals surface area contributed by atoms with Crippen LogP contribution in [0, 0.1) is 11.3 Å². The Morgan fingerprint density at radius 2 is 1.92 bits per heavy atom. The van der Waals surface area contributed by atoms with Gasteiger partial charge in [-0.3, -0.25) is 4.79 Å². The minimum atomic E-state index is -0.614. The van der Waals surface area contributed by atoms with E-state index < -0.39 is 11.9 Å². The van der Waals surface area contributed by atoms with Gasteiger partial charge < -0.3 is 15.0 Å². The van der Waals surface area contributed by atoms with Crippen molar-refractivity contribution in [3.05, 3.63) is 66.9 Å². The van der Waals surface area contributed by atoms with Crippen molar-refractivity contribution in [1.29, 1.82) is 5.26 Å². The summed E-state index contributed by atoms with van der Waals surface area (Å²) in [5.74, 6) is -1.15. The molecule has 6 nitrogen and oxygen atoms in total. The smallest absolute Gasteiger partial charge is 0.340 e. The van der Waals surface area contributed by atoms with E-state index in [-0.39, 0.29) is 23.4 Å². The van der Waals surface area contributed by atoms with Gasteiger partial charge in [-0.2, -0.15) is 5.26 Å². The highest BCUT2D eigenvalue weighted by molar-refractivity contribution is 6.09. The van der Waals surface area contributed by atoms with Crippen LogP contribution in [0.4, 0.5) is 5.69 Å². The molecule has 0 bridgehead atoms. The minimum absolute atomic E-state index is 0.0950. The highest BCUT2D eigenvalue weighted by Gasteiger charge is 2.16. The number of nitrogens with one attached hydrogen (secondary N) is 1. The Morgan fingerprint density at radius 1 is 1.28 bits per heavy atom. The number of hydrogen-bond donors (Lipinski definition) is 1. The van der Waals surface area contributed by atoms with E-state index in [1.807, 2.05) is 6.07 Å². The highest BCUT2D eigenvalue weighted by atomic mass is 16.5. The molecule has 25 heavy (non-hydrogen) atoms. The van der Waals surface area contributed by atoms with Gasteiger partial charge in [0.15, 0.2) is 0 Å². The standard InChI is InChI=1S/C19H21N3O3/c1-4-11-22(12-5-2)14-15(13-20)18(23)21-17-10-8-7-9-16(17)19(24)25-6-3/h4-5,7-10,14H,1-2,6,11-12H2,3H3,(H,21,23)/b15-14-. The van der Waals surface area contributed by atoms with E-state index in [1.165, 1.54) is 6.20 Å². The van der Waals surface area contributed by atoms with Crippen molar-refractivity contribution < 1.29 is 14.3 Å². The number of amides is 1. The van der Waals surface area contributed by atoms with Gasteiger partial charge in [-0.25, -0.2) is 4.79 Å². The molecule has 0 aromatic heterocycles. The lowest BCUT2D eigenvalue weighted by atomic mass is 10.1. The van der Waals surface area contributed by atoms with Gasteiger partial charge in [-0.05, 0) is 19.1 Å². The van der Waals surface area contributed by atoms with Gasteiger partial charge in [0.1, 0.15) is 11.6 Å². The molecule has 1 rings (SSSR count). The van der Waals surface area contributed by atoms with E-state index >= 15 is 0 Å². The zero-order chi connectivity index (χ0) is 18.7. The summed E-state index contributed by atoms with van der Waals surface area (Å²) in [4.78, 5) is 26.1. The zero-order valence-electron chi connectivity index (χ0n) is 14.2. The van der Waals surface area contributed by atoms with Gasteiger partial charge in [-0.1, -0.05) is 24.3 Å². The minimum Gasteiger partial charge on any atom is -0.462 e. The molecule has 1 N–H and O–H groups in total. The zero-order valence-corrected chi connectivity index (χ0v) is 14.2. The molecule has 1 aromatic carbocycles. The largest absolute Gasteiger partial charge is 0.462 e. The van der Waals surface area contributed by atoms with Crippen LogP contribution >= 0.6 is 0 Å². The number of carbonyl (C=O) groups excluding carboxylic acids is 2. The van der Waals surface area contributed by atoms with Gasteiger partial charge in [0.05, 0.1) is 17.9 Å². The summed E-state index contributed by atoms with van der Waals surface area (Å²) in [7, 11) is 0. The number of hydrogen-bond acceptors (Lipinski definition) is 5. The normalized spacial score (nSPS) is 10.3. The third-order valence-electron chi connectivity index (χ3n) is 3.07. The Bertz CT molecular complexity index is 707. The molecule has 0 unspecified atom stereocenters. The number of anilines is 1. The predicted octanol–water partition coefficient (Wildman–Crippen LogP) is 2.88. The fourth-order valence-corrected chi connectivity index (χ4v) is 2.00. The predicted molar refractivity (Wildman–Crippen MR) is 96.7 cm³/mol. The highest BCUT2D eigenvalue weighted by Crippen LogP contribution is 2.17. The van der Waals surface area contributed by atoms with Crippen LogP contribution < -0.4 is 5.32 Å². The molecule has 0 spiro atoms. The van der Waals surface area contributed by atoms with Crippen molar-refractivity contribution in [3.63, 3.8) is 0 Å². The van der Waals surface area contributed by atoms with Crippen molar-refractivity contribution in [3.8, 4) is 6.07 Å². The molecule has 0 aliphatic carbocycles. The van der Waals surface area contributed by atoms with E-state index in [9.17, 15) is 14.9 Å². The number of benzene rings is 1. The number of carbonyl (C=O) groups is 2. The Balaban J connectivity index is 3.03. The molecule has 0 aliphatic rings. The van der Waals surface area contributed by atoms with Crippen LogP contribution in [0.3, 0.4) is 0 Å². The Morgan fingerprint density at radius 3 is 2.48 bits per heavy atom. The third-order valence-corrected chi connectivity index (χ3v) is 3.07. The van der Waals surface area contributed by atoms with Crippen LogP contribution in [0.5, 0.6) is 0 Å². The van der Waals surface area contributed by atoms with Crippen molar-refractivity contribution in [2.24, 2.45) is 0 Å². The second-order valence-corrected chi connectivity index (χ2v) is 4.91. The Hall–Kier alpha value is -3.33. The first kappa shape index (κ1) is 19.7. The maximum Gasteiger partial charge on any atom is 0.340 e. The molecule has 0 aliphatic heterocycles. The molecule has 0 saturated carbocycles. The van der Waals surface area contributed by atoms with E-state index in [4.69, 9.17) is 4.74 Å². The number of para-hydroxylation sites is 1. The van der Waals surface area contributed by atoms with Gasteiger partial charge >= 0.3 is 5.97 Å². The van der Waals surface area contributed by atoms with E-state index in [0.717, 1.165) is 0 Å². The van der Waals surface area contributed by atoms with Gasteiger partial charge in [-0.15, -0.1) is 13.2 Å². The molecular formula is C19H21N3O3. The van der Waals surface area contributed by atoms with Crippen molar-refractivity contribution >= 4 is 17.6 Å². The third kappa shape index (κ3) is 5.99. The fourth-order valence-electron chi connectivity index (χ4n) is 2.00. The first-order chi connectivity index (χ1) is 12.1. The van der Waals surface area contributed by atoms with Gasteiger partial charge in [0, 0.05) is 19.3 Å². The molecule has 0 fully saturated rings. The van der Waals surface area contributed by atoms with Crippen LogP contribution in [-0.4, -0.2) is 36.5 Å². The lowest BCUT2D eigenvalue weighted by Gasteiger charge is -2.17. The maximum atomic E-state index is 12.4. The number of nitriles is 1. The number of rotatable bonds is 9. The average molecular weight is 339 g/mol. The molecule has 6 heteroatoms. The average Bonchev–Trinajstić information content (AvgIpc) is 2.60. The summed E-state index contributed by atoms with van der Waals surface area (Å²) in [5, 5.41) is 11.9. The molecule has 1 aromatic rings. The topological polar surface area (TPSA) is 82.4 Å². The second kappa shape index (κ2) is 10.4. The lowest BCUT2D eigenvalue weighted by molar-refractivity contribution is -0.112. The maximum absolute atomic E-state index is 12.4. The monoisotopic (exact) mass is 339 g/mol. The van der Waals surface area contributed by atoms with Crippen LogP contribution in [-0.2, 0) is 9.53 Å². The Kier molecular flexibility index (Phi) is 8.24. The van der Waals surface area contributed by atoms with E-state index in [1.54, 1.807) is 48.2 Å². The van der Waals surface area contributed by atoms with Gasteiger partial charge in [0.2, 0.25) is 0 Å². The van der Waals surface area contributed by atoms with Crippen LogP contribution in [0.1, 0.15) is 17.3 Å². The summed E-state index contributed by atoms with van der Waals surface area (Å²) >= 11 is 0. The van der Waals surface area contributed by atoms with Crippen LogP contribution in [0.2, 0.25) is 0 Å². The SMILES string of the molecule is C=CCN(/C=C(/C#N)C(=O)Nc1ccccc1C(=O)OCC)CC=C. The molecule has 130 valence electrons. The molecular weight excluding hydrogens is 318 g/mol. The number of nitrogens with zero attached hydrogens (tertiary/aromatic N) is 2. The van der Waals surface area contributed by atoms with Gasteiger partial charge in [0.25, 0.3) is 5.91 Å². The quantitative estimate of drug-likeness (QED) is 0.324. The summed E-state index contributed by atoms with van der Waals surface area (Å²) in [6, 6.07) is 8.33. The van der Waals surface area contributed by atoms with Crippen molar-refractivity contribution in [1.82, 2.24) is 4.90 Å². The van der Waals surface area contributed by atoms with Crippen molar-refractivity contribution in [2.45, 2.75) is 6.92 Å². The Labute approximate surface area is 147 Å². The molecule has 0 radical (unpaired) electrons. The van der Waals surface area contributed by atoms with Crippen molar-refractivity contribution in [2.75, 3.05) is 25.0 Å². The summed E-state index contributed by atoms with van der Waals surface area (Å²) in [6.07, 6.45) is 4.75. The first-order valence-electron chi connectivity index (χ1n) is 7.72. The van der Waals surface area contributed by atoms with E-state index in [0.29, 0.717) is 13.1 Å². The van der Waals surface area contributed by atoms with E-state index in [2.05, 4.69) is 18.5 Å².